The number of hydrogen-bond acceptors (Lipinski definition) is 9. The van der Waals surface area contributed by atoms with E-state index in [1.165, 1.54) is 0 Å². The highest BCUT2D eigenvalue weighted by Crippen LogP contribution is 2.31. The summed E-state index contributed by atoms with van der Waals surface area (Å²) in [4.78, 5) is 19.7. The van der Waals surface area contributed by atoms with Gasteiger partial charge in [-0.05, 0) is 13.0 Å². The number of carbonyl (C=O) groups excluding carboxylic acids is 1. The first kappa shape index (κ1) is 23.1. The summed E-state index contributed by atoms with van der Waals surface area (Å²) in [5.41, 5.74) is 0.570. The molecule has 0 bridgehead atoms. The molecule has 2 aliphatic heterocycles. The van der Waals surface area contributed by atoms with E-state index >= 15 is 0 Å². The van der Waals surface area contributed by atoms with Gasteiger partial charge in [-0.2, -0.15) is 0 Å². The van der Waals surface area contributed by atoms with Gasteiger partial charge in [0.15, 0.2) is 6.29 Å². The number of nitrogens with zero attached hydrogens (tertiary/aromatic N) is 3. The molecule has 5 unspecified atom stereocenters. The maximum Gasteiger partial charge on any atom is 0.237 e. The quantitative estimate of drug-likeness (QED) is 0.334. The summed E-state index contributed by atoms with van der Waals surface area (Å²) in [6, 6.07) is 2.65. The van der Waals surface area contributed by atoms with Crippen molar-refractivity contribution in [3.8, 4) is 0 Å². The van der Waals surface area contributed by atoms with Crippen LogP contribution in [-0.4, -0.2) is 106 Å². The summed E-state index contributed by atoms with van der Waals surface area (Å²) in [6.45, 7) is 5.50. The highest BCUT2D eigenvalue weighted by atomic mass is 35.5. The lowest BCUT2D eigenvalue weighted by atomic mass is 9.93. The van der Waals surface area contributed by atoms with Gasteiger partial charge >= 0.3 is 0 Å². The third-order valence-electron chi connectivity index (χ3n) is 5.48. The number of hydrogen-bond donors (Lipinski definition) is 5. The SMILES string of the molecule is CCNc1ccc(C2OC(O)C(NCN3CCN(C(=O)CCl)CC3)C(O)C2O)cn1. The van der Waals surface area contributed by atoms with Gasteiger partial charge in [-0.1, -0.05) is 6.07 Å². The van der Waals surface area contributed by atoms with Crippen molar-refractivity contribution in [2.75, 3.05) is 50.6 Å². The van der Waals surface area contributed by atoms with Crippen molar-refractivity contribution in [2.45, 2.75) is 37.6 Å². The summed E-state index contributed by atoms with van der Waals surface area (Å²) < 4.78 is 5.61. The van der Waals surface area contributed by atoms with Gasteiger partial charge in [0.25, 0.3) is 0 Å². The van der Waals surface area contributed by atoms with Crippen LogP contribution in [0.15, 0.2) is 18.3 Å². The van der Waals surface area contributed by atoms with E-state index < -0.39 is 30.6 Å². The standard InChI is InChI=1S/C19H30ClN5O5/c1-2-21-13-4-3-12(10-22-13)18-17(28)16(27)15(19(29)30-18)23-11-24-5-7-25(8-6-24)14(26)9-20/h3-4,10,15-19,23,27-29H,2,5-9,11H2,1H3,(H,21,22). The molecule has 2 fully saturated rings. The number of aliphatic hydroxyl groups is 3. The van der Waals surface area contributed by atoms with E-state index in [2.05, 4.69) is 20.5 Å². The molecule has 3 heterocycles. The molecule has 0 radical (unpaired) electrons. The zero-order chi connectivity index (χ0) is 21.7. The van der Waals surface area contributed by atoms with Crippen molar-refractivity contribution >= 4 is 23.3 Å². The second kappa shape index (κ2) is 10.7. The Labute approximate surface area is 180 Å². The fraction of sp³-hybridized carbons (Fsp3) is 0.684. The smallest absolute Gasteiger partial charge is 0.237 e. The van der Waals surface area contributed by atoms with Crippen LogP contribution in [-0.2, 0) is 9.53 Å². The molecule has 0 aliphatic carbocycles. The molecule has 2 saturated heterocycles. The van der Waals surface area contributed by atoms with E-state index in [1.807, 2.05) is 6.92 Å². The number of aliphatic hydroxyl groups excluding tert-OH is 3. The van der Waals surface area contributed by atoms with Crippen LogP contribution in [0.2, 0.25) is 0 Å². The number of piperazine rings is 1. The average Bonchev–Trinajstić information content (AvgIpc) is 2.77. The number of rotatable bonds is 7. The first-order chi connectivity index (χ1) is 14.4. The summed E-state index contributed by atoms with van der Waals surface area (Å²) in [6.07, 6.45) is -3.09. The molecule has 0 aromatic carbocycles. The van der Waals surface area contributed by atoms with Crippen LogP contribution in [0.5, 0.6) is 0 Å². The maximum atomic E-state index is 11.6. The third-order valence-corrected chi connectivity index (χ3v) is 5.71. The monoisotopic (exact) mass is 443 g/mol. The average molecular weight is 444 g/mol. The number of pyridine rings is 1. The van der Waals surface area contributed by atoms with Gasteiger partial charge in [0.05, 0.1) is 6.04 Å². The molecule has 0 spiro atoms. The van der Waals surface area contributed by atoms with Gasteiger partial charge in [-0.15, -0.1) is 11.6 Å². The van der Waals surface area contributed by atoms with Crippen molar-refractivity contribution in [3.63, 3.8) is 0 Å². The molecule has 1 amide bonds. The van der Waals surface area contributed by atoms with E-state index in [0.717, 1.165) is 6.54 Å². The molecule has 11 heteroatoms. The van der Waals surface area contributed by atoms with E-state index in [4.69, 9.17) is 16.3 Å². The van der Waals surface area contributed by atoms with E-state index in [0.29, 0.717) is 44.2 Å². The van der Waals surface area contributed by atoms with Crippen LogP contribution in [0.3, 0.4) is 0 Å². The summed E-state index contributed by atoms with van der Waals surface area (Å²) in [5, 5.41) is 37.7. The van der Waals surface area contributed by atoms with Crippen LogP contribution < -0.4 is 10.6 Å². The molecule has 1 aromatic heterocycles. The van der Waals surface area contributed by atoms with E-state index in [9.17, 15) is 20.1 Å². The molecule has 30 heavy (non-hydrogen) atoms. The van der Waals surface area contributed by atoms with Crippen molar-refractivity contribution in [1.29, 1.82) is 0 Å². The molecule has 3 rings (SSSR count). The predicted molar refractivity (Wildman–Crippen MR) is 111 cm³/mol. The molecule has 5 N–H and O–H groups in total. The fourth-order valence-corrected chi connectivity index (χ4v) is 3.88. The van der Waals surface area contributed by atoms with Gasteiger partial charge < -0.3 is 30.3 Å². The molecular weight excluding hydrogens is 414 g/mol. The van der Waals surface area contributed by atoms with Crippen LogP contribution in [0.1, 0.15) is 18.6 Å². The number of amides is 1. The minimum Gasteiger partial charge on any atom is -0.388 e. The van der Waals surface area contributed by atoms with Crippen LogP contribution in [0.4, 0.5) is 5.82 Å². The van der Waals surface area contributed by atoms with Crippen molar-refractivity contribution in [2.24, 2.45) is 0 Å². The Hall–Kier alpha value is -1.53. The van der Waals surface area contributed by atoms with E-state index in [-0.39, 0.29) is 11.8 Å². The fourth-order valence-electron chi connectivity index (χ4n) is 3.71. The Morgan fingerprint density at radius 1 is 1.23 bits per heavy atom. The Bertz CT molecular complexity index is 688. The van der Waals surface area contributed by atoms with Crippen molar-refractivity contribution in [3.05, 3.63) is 23.9 Å². The Balaban J connectivity index is 1.53. The van der Waals surface area contributed by atoms with Crippen LogP contribution in [0.25, 0.3) is 0 Å². The lowest BCUT2D eigenvalue weighted by molar-refractivity contribution is -0.251. The van der Waals surface area contributed by atoms with Crippen LogP contribution >= 0.6 is 11.6 Å². The van der Waals surface area contributed by atoms with Gasteiger partial charge in [0.1, 0.15) is 30.0 Å². The number of halogens is 1. The van der Waals surface area contributed by atoms with Gasteiger partial charge in [-0.25, -0.2) is 4.98 Å². The zero-order valence-corrected chi connectivity index (χ0v) is 17.7. The highest BCUT2D eigenvalue weighted by Gasteiger charge is 2.44. The van der Waals surface area contributed by atoms with E-state index in [1.54, 1.807) is 23.2 Å². The molecule has 10 nitrogen and oxygen atoms in total. The first-order valence-electron chi connectivity index (χ1n) is 10.1. The predicted octanol–water partition coefficient (Wildman–Crippen LogP) is -1.08. The normalized spacial score (nSPS) is 30.3. The van der Waals surface area contributed by atoms with Gasteiger partial charge in [0, 0.05) is 51.2 Å². The molecule has 2 aliphatic rings. The number of nitrogens with one attached hydrogen (secondary N) is 2. The van der Waals surface area contributed by atoms with Crippen molar-refractivity contribution < 1.29 is 24.9 Å². The first-order valence-corrected chi connectivity index (χ1v) is 10.7. The van der Waals surface area contributed by atoms with Crippen molar-refractivity contribution in [1.82, 2.24) is 20.1 Å². The number of anilines is 1. The number of aromatic nitrogens is 1. The minimum absolute atomic E-state index is 0.0253. The summed E-state index contributed by atoms with van der Waals surface area (Å²) in [7, 11) is 0. The molecule has 0 saturated carbocycles. The maximum absolute atomic E-state index is 11.6. The number of ether oxygens (including phenoxy) is 1. The largest absolute Gasteiger partial charge is 0.388 e. The number of carbonyl (C=O) groups is 1. The molecular formula is C19H30ClN5O5. The highest BCUT2D eigenvalue weighted by molar-refractivity contribution is 6.27. The van der Waals surface area contributed by atoms with Crippen LogP contribution in [0, 0.1) is 0 Å². The lowest BCUT2D eigenvalue weighted by Crippen LogP contribution is -2.62. The molecule has 1 aromatic rings. The summed E-state index contributed by atoms with van der Waals surface area (Å²) in [5.74, 6) is 0.584. The Morgan fingerprint density at radius 3 is 2.57 bits per heavy atom. The third kappa shape index (κ3) is 5.38. The topological polar surface area (TPSA) is 130 Å². The Morgan fingerprint density at radius 2 is 1.97 bits per heavy atom. The Kier molecular flexibility index (Phi) is 8.23. The minimum atomic E-state index is -1.30. The molecule has 5 atom stereocenters. The summed E-state index contributed by atoms with van der Waals surface area (Å²) >= 11 is 5.59. The second-order valence-corrected chi connectivity index (χ2v) is 7.72. The second-order valence-electron chi connectivity index (χ2n) is 7.46. The lowest BCUT2D eigenvalue weighted by Gasteiger charge is -2.42. The molecule has 168 valence electrons. The van der Waals surface area contributed by atoms with Gasteiger partial charge in [-0.3, -0.25) is 15.0 Å². The van der Waals surface area contributed by atoms with Gasteiger partial charge in [0.2, 0.25) is 5.91 Å². The number of alkyl halides is 1. The zero-order valence-electron chi connectivity index (χ0n) is 16.9.